The van der Waals surface area contributed by atoms with Crippen LogP contribution in [-0.2, 0) is 11.2 Å². The number of carbonyl (C=O) groups is 1. The molecule has 0 atom stereocenters. The number of carbonyl (C=O) groups excluding carboxylic acids is 1. The first-order valence-electron chi connectivity index (χ1n) is 8.57. The number of ether oxygens (including phenoxy) is 2. The molecular formula is C20H24N2O3. The zero-order chi connectivity index (χ0) is 17.6. The average Bonchev–Trinajstić information content (AvgIpc) is 2.62. The molecule has 0 saturated carbocycles. The van der Waals surface area contributed by atoms with Gasteiger partial charge in [-0.2, -0.15) is 0 Å². The first kappa shape index (κ1) is 17.1. The van der Waals surface area contributed by atoms with Gasteiger partial charge >= 0.3 is 0 Å². The Morgan fingerprint density at radius 3 is 2.48 bits per heavy atom. The Kier molecular flexibility index (Phi) is 5.43. The lowest BCUT2D eigenvalue weighted by atomic mass is 10.1. The Morgan fingerprint density at radius 1 is 1.04 bits per heavy atom. The van der Waals surface area contributed by atoms with E-state index >= 15 is 0 Å². The highest BCUT2D eigenvalue weighted by atomic mass is 16.6. The smallest absolute Gasteiger partial charge is 0.224 e. The molecule has 3 rings (SSSR count). The number of nitrogens with zero attached hydrogens (tertiary/aromatic N) is 1. The molecular weight excluding hydrogens is 316 g/mol. The topological polar surface area (TPSA) is 50.8 Å². The van der Waals surface area contributed by atoms with E-state index in [2.05, 4.69) is 5.32 Å². The third kappa shape index (κ3) is 4.66. The standard InChI is InChI=1S/C20H24N2O3/c1-22(2)17-9-7-16(8-10-17)21-20(23)5-3-4-15-6-11-18-19(14-15)25-13-12-24-18/h6-11,14H,3-5,12-13H2,1-2H3,(H,21,23). The molecule has 1 heterocycles. The fraction of sp³-hybridized carbons (Fsp3) is 0.350. The number of rotatable bonds is 6. The second kappa shape index (κ2) is 7.92. The molecule has 0 spiro atoms. The van der Waals surface area contributed by atoms with Crippen molar-refractivity contribution in [1.82, 2.24) is 0 Å². The quantitative estimate of drug-likeness (QED) is 0.875. The first-order valence-corrected chi connectivity index (χ1v) is 8.57. The van der Waals surface area contributed by atoms with Gasteiger partial charge in [-0.3, -0.25) is 4.79 Å². The maximum Gasteiger partial charge on any atom is 0.224 e. The first-order chi connectivity index (χ1) is 12.1. The number of hydrogen-bond acceptors (Lipinski definition) is 4. The fourth-order valence-electron chi connectivity index (χ4n) is 2.76. The fourth-order valence-corrected chi connectivity index (χ4v) is 2.76. The Hall–Kier alpha value is -2.69. The van der Waals surface area contributed by atoms with Crippen LogP contribution >= 0.6 is 0 Å². The van der Waals surface area contributed by atoms with Crippen molar-refractivity contribution in [2.45, 2.75) is 19.3 Å². The molecule has 1 N–H and O–H groups in total. The van der Waals surface area contributed by atoms with E-state index in [1.807, 2.05) is 61.5 Å². The van der Waals surface area contributed by atoms with Crippen LogP contribution in [0.2, 0.25) is 0 Å². The van der Waals surface area contributed by atoms with Crippen LogP contribution in [0.3, 0.4) is 0 Å². The van der Waals surface area contributed by atoms with Gasteiger partial charge in [0.15, 0.2) is 11.5 Å². The largest absolute Gasteiger partial charge is 0.486 e. The third-order valence-corrected chi connectivity index (χ3v) is 4.14. The van der Waals surface area contributed by atoms with Crippen LogP contribution in [0.1, 0.15) is 18.4 Å². The number of amides is 1. The molecule has 2 aromatic carbocycles. The van der Waals surface area contributed by atoms with Gasteiger partial charge in [0, 0.05) is 31.9 Å². The molecule has 0 aromatic heterocycles. The molecule has 1 amide bonds. The molecule has 5 heteroatoms. The lowest BCUT2D eigenvalue weighted by Gasteiger charge is -2.18. The van der Waals surface area contributed by atoms with E-state index in [0.29, 0.717) is 19.6 Å². The van der Waals surface area contributed by atoms with E-state index in [9.17, 15) is 4.79 Å². The van der Waals surface area contributed by atoms with E-state index in [4.69, 9.17) is 9.47 Å². The summed E-state index contributed by atoms with van der Waals surface area (Å²) in [5, 5.41) is 2.94. The van der Waals surface area contributed by atoms with Crippen molar-refractivity contribution in [3.8, 4) is 11.5 Å². The molecule has 0 unspecified atom stereocenters. The lowest BCUT2D eigenvalue weighted by Crippen LogP contribution is -2.15. The van der Waals surface area contributed by atoms with Gasteiger partial charge in [-0.1, -0.05) is 6.07 Å². The van der Waals surface area contributed by atoms with E-state index in [-0.39, 0.29) is 5.91 Å². The summed E-state index contributed by atoms with van der Waals surface area (Å²) in [6, 6.07) is 13.8. The predicted octanol–water partition coefficient (Wildman–Crippen LogP) is 3.49. The minimum Gasteiger partial charge on any atom is -0.486 e. The minimum atomic E-state index is 0.0372. The highest BCUT2D eigenvalue weighted by molar-refractivity contribution is 5.90. The summed E-state index contributed by atoms with van der Waals surface area (Å²) in [5.74, 6) is 1.64. The predicted molar refractivity (Wildman–Crippen MR) is 99.8 cm³/mol. The number of nitrogens with one attached hydrogen (secondary N) is 1. The Bertz CT molecular complexity index is 726. The molecule has 0 saturated heterocycles. The molecule has 0 bridgehead atoms. The van der Waals surface area contributed by atoms with Crippen molar-refractivity contribution >= 4 is 17.3 Å². The minimum absolute atomic E-state index is 0.0372. The Morgan fingerprint density at radius 2 is 1.76 bits per heavy atom. The molecule has 5 nitrogen and oxygen atoms in total. The molecule has 1 aliphatic rings. The number of anilines is 2. The maximum atomic E-state index is 12.1. The van der Waals surface area contributed by atoms with Gasteiger partial charge in [0.2, 0.25) is 5.91 Å². The van der Waals surface area contributed by atoms with Crippen molar-refractivity contribution in [2.24, 2.45) is 0 Å². The highest BCUT2D eigenvalue weighted by Gasteiger charge is 2.12. The monoisotopic (exact) mass is 340 g/mol. The summed E-state index contributed by atoms with van der Waals surface area (Å²) in [5.41, 5.74) is 3.10. The van der Waals surface area contributed by atoms with Crippen LogP contribution in [0.5, 0.6) is 11.5 Å². The molecule has 0 fully saturated rings. The lowest BCUT2D eigenvalue weighted by molar-refractivity contribution is -0.116. The van der Waals surface area contributed by atoms with Crippen molar-refractivity contribution in [3.05, 3.63) is 48.0 Å². The van der Waals surface area contributed by atoms with Crippen LogP contribution in [0.25, 0.3) is 0 Å². The van der Waals surface area contributed by atoms with E-state index < -0.39 is 0 Å². The van der Waals surface area contributed by atoms with Gasteiger partial charge in [-0.25, -0.2) is 0 Å². The summed E-state index contributed by atoms with van der Waals surface area (Å²) in [6.07, 6.45) is 2.12. The summed E-state index contributed by atoms with van der Waals surface area (Å²) in [4.78, 5) is 14.1. The zero-order valence-corrected chi connectivity index (χ0v) is 14.7. The normalized spacial score (nSPS) is 12.6. The van der Waals surface area contributed by atoms with Crippen LogP contribution in [-0.4, -0.2) is 33.2 Å². The van der Waals surface area contributed by atoms with Crippen molar-refractivity contribution in [2.75, 3.05) is 37.5 Å². The molecule has 0 radical (unpaired) electrons. The van der Waals surface area contributed by atoms with Crippen LogP contribution in [0, 0.1) is 0 Å². The van der Waals surface area contributed by atoms with E-state index in [1.165, 1.54) is 0 Å². The average molecular weight is 340 g/mol. The van der Waals surface area contributed by atoms with Gasteiger partial charge in [0.05, 0.1) is 0 Å². The van der Waals surface area contributed by atoms with Gasteiger partial charge in [-0.15, -0.1) is 0 Å². The molecule has 25 heavy (non-hydrogen) atoms. The molecule has 2 aromatic rings. The van der Waals surface area contributed by atoms with E-state index in [1.54, 1.807) is 0 Å². The molecule has 132 valence electrons. The van der Waals surface area contributed by atoms with E-state index in [0.717, 1.165) is 41.3 Å². The SMILES string of the molecule is CN(C)c1ccc(NC(=O)CCCc2ccc3c(c2)OCCO3)cc1. The maximum absolute atomic E-state index is 12.1. The van der Waals surface area contributed by atoms with Gasteiger partial charge < -0.3 is 19.7 Å². The second-order valence-electron chi connectivity index (χ2n) is 6.32. The van der Waals surface area contributed by atoms with Crippen molar-refractivity contribution < 1.29 is 14.3 Å². The van der Waals surface area contributed by atoms with Crippen molar-refractivity contribution in [1.29, 1.82) is 0 Å². The number of aryl methyl sites for hydroxylation is 1. The number of hydrogen-bond donors (Lipinski definition) is 1. The summed E-state index contributed by atoms with van der Waals surface area (Å²) < 4.78 is 11.1. The number of fused-ring (bicyclic) bond motifs is 1. The summed E-state index contributed by atoms with van der Waals surface area (Å²) in [7, 11) is 3.98. The second-order valence-corrected chi connectivity index (χ2v) is 6.32. The Balaban J connectivity index is 1.46. The molecule has 0 aliphatic carbocycles. The third-order valence-electron chi connectivity index (χ3n) is 4.14. The van der Waals surface area contributed by atoms with Gasteiger partial charge in [0.1, 0.15) is 13.2 Å². The van der Waals surface area contributed by atoms with Crippen LogP contribution in [0.15, 0.2) is 42.5 Å². The van der Waals surface area contributed by atoms with Crippen LogP contribution < -0.4 is 19.7 Å². The number of benzene rings is 2. The Labute approximate surface area is 148 Å². The summed E-state index contributed by atoms with van der Waals surface area (Å²) >= 11 is 0. The summed E-state index contributed by atoms with van der Waals surface area (Å²) in [6.45, 7) is 1.19. The van der Waals surface area contributed by atoms with Crippen LogP contribution in [0.4, 0.5) is 11.4 Å². The van der Waals surface area contributed by atoms with Gasteiger partial charge in [-0.05, 0) is 54.8 Å². The highest BCUT2D eigenvalue weighted by Crippen LogP contribution is 2.31. The zero-order valence-electron chi connectivity index (χ0n) is 14.7. The molecule has 1 aliphatic heterocycles. The van der Waals surface area contributed by atoms with Gasteiger partial charge in [0.25, 0.3) is 0 Å². The van der Waals surface area contributed by atoms with Crippen molar-refractivity contribution in [3.63, 3.8) is 0 Å².